The Hall–Kier alpha value is -2.40. The number of hydrogen-bond acceptors (Lipinski definition) is 2. The van der Waals surface area contributed by atoms with Gasteiger partial charge < -0.3 is 4.90 Å². The van der Waals surface area contributed by atoms with E-state index in [0.717, 1.165) is 11.1 Å². The van der Waals surface area contributed by atoms with Gasteiger partial charge in [0.1, 0.15) is 0 Å². The van der Waals surface area contributed by atoms with Crippen LogP contribution in [0.1, 0.15) is 18.1 Å². The summed E-state index contributed by atoms with van der Waals surface area (Å²) in [4.78, 5) is 28.7. The first-order valence-electron chi connectivity index (χ1n) is 8.62. The van der Waals surface area contributed by atoms with E-state index in [2.05, 4.69) is 0 Å². The van der Waals surface area contributed by atoms with Gasteiger partial charge in [0.2, 0.25) is 0 Å². The average Bonchev–Trinajstić information content (AvgIpc) is 2.83. The lowest BCUT2D eigenvalue weighted by molar-refractivity contribution is -0.129. The van der Waals surface area contributed by atoms with Crippen molar-refractivity contribution in [3.8, 4) is 0 Å². The van der Waals surface area contributed by atoms with Crippen molar-refractivity contribution in [2.24, 2.45) is 0 Å². The number of likely N-dealkylation sites (N-methyl/N-ethyl adjacent to an activating group) is 1. The van der Waals surface area contributed by atoms with Gasteiger partial charge in [-0.2, -0.15) is 0 Å². The van der Waals surface area contributed by atoms with Gasteiger partial charge in [-0.1, -0.05) is 80.3 Å². The molecule has 1 fully saturated rings. The maximum Gasteiger partial charge on any atom is 0.320 e. The molecule has 2 aromatic rings. The molecule has 0 saturated carbocycles. The zero-order valence-electron chi connectivity index (χ0n) is 15.2. The largest absolute Gasteiger partial charge is 0.320 e. The zero-order chi connectivity index (χ0) is 18.2. The van der Waals surface area contributed by atoms with Crippen LogP contribution in [0.25, 0.3) is 0 Å². The SMILES string of the molecule is CCN1C(=O)N([Si](C)(C)C)C(=O)C1(c1ccccc1)c1ccccc1. The molecule has 5 heteroatoms. The number of rotatable bonds is 4. The molecule has 0 bridgehead atoms. The topological polar surface area (TPSA) is 40.6 Å². The van der Waals surface area contributed by atoms with E-state index >= 15 is 0 Å². The molecule has 1 heterocycles. The van der Waals surface area contributed by atoms with Crippen molar-refractivity contribution in [2.75, 3.05) is 6.54 Å². The van der Waals surface area contributed by atoms with Gasteiger partial charge >= 0.3 is 6.03 Å². The van der Waals surface area contributed by atoms with E-state index in [1.807, 2.05) is 87.2 Å². The number of benzene rings is 2. The summed E-state index contributed by atoms with van der Waals surface area (Å²) in [5.74, 6) is -0.129. The highest BCUT2D eigenvalue weighted by Gasteiger charge is 2.61. The molecule has 0 N–H and O–H groups in total. The Kier molecular flexibility index (Phi) is 4.29. The minimum absolute atomic E-state index is 0.129. The summed E-state index contributed by atoms with van der Waals surface area (Å²) < 4.78 is 1.54. The average molecular weight is 353 g/mol. The summed E-state index contributed by atoms with van der Waals surface area (Å²) in [7, 11) is -2.17. The third-order valence-electron chi connectivity index (χ3n) is 4.71. The molecule has 0 aliphatic carbocycles. The van der Waals surface area contributed by atoms with Crippen LogP contribution < -0.4 is 0 Å². The maximum absolute atomic E-state index is 13.8. The fourth-order valence-corrected chi connectivity index (χ4v) is 5.14. The Bertz CT molecular complexity index is 745. The smallest absolute Gasteiger partial charge is 0.303 e. The summed E-state index contributed by atoms with van der Waals surface area (Å²) >= 11 is 0. The van der Waals surface area contributed by atoms with Gasteiger partial charge in [0.15, 0.2) is 13.8 Å². The molecule has 4 nitrogen and oxygen atoms in total. The van der Waals surface area contributed by atoms with Crippen LogP contribution in [0.2, 0.25) is 19.6 Å². The van der Waals surface area contributed by atoms with E-state index in [0.29, 0.717) is 6.54 Å². The number of hydrogen-bond donors (Lipinski definition) is 0. The van der Waals surface area contributed by atoms with E-state index in [-0.39, 0.29) is 11.9 Å². The minimum atomic E-state index is -2.17. The van der Waals surface area contributed by atoms with Crippen molar-refractivity contribution < 1.29 is 9.59 Å². The zero-order valence-corrected chi connectivity index (χ0v) is 16.2. The number of carbonyl (C=O) groups excluding carboxylic acids is 2. The predicted molar refractivity (Wildman–Crippen MR) is 102 cm³/mol. The van der Waals surface area contributed by atoms with Crippen LogP contribution in [0.3, 0.4) is 0 Å². The minimum Gasteiger partial charge on any atom is -0.303 e. The van der Waals surface area contributed by atoms with Crippen molar-refractivity contribution in [1.82, 2.24) is 9.47 Å². The van der Waals surface area contributed by atoms with Crippen molar-refractivity contribution in [1.29, 1.82) is 0 Å². The number of imide groups is 1. The molecule has 3 amide bonds. The summed E-state index contributed by atoms with van der Waals surface area (Å²) in [5, 5.41) is 0. The van der Waals surface area contributed by atoms with Crippen LogP contribution in [0.15, 0.2) is 60.7 Å². The Morgan fingerprint density at radius 3 is 1.64 bits per heavy atom. The highest BCUT2D eigenvalue weighted by molar-refractivity contribution is 6.78. The monoisotopic (exact) mass is 352 g/mol. The Morgan fingerprint density at radius 1 is 0.840 bits per heavy atom. The first-order chi connectivity index (χ1) is 11.8. The maximum atomic E-state index is 13.8. The summed E-state index contributed by atoms with van der Waals surface area (Å²) in [5.41, 5.74) is 0.582. The summed E-state index contributed by atoms with van der Waals surface area (Å²) in [6, 6.07) is 19.1. The van der Waals surface area contributed by atoms with Crippen LogP contribution in [0, 0.1) is 0 Å². The van der Waals surface area contributed by atoms with Crippen LogP contribution in [-0.2, 0) is 10.3 Å². The van der Waals surface area contributed by atoms with Crippen molar-refractivity contribution in [3.63, 3.8) is 0 Å². The molecule has 25 heavy (non-hydrogen) atoms. The predicted octanol–water partition coefficient (Wildman–Crippen LogP) is 4.05. The van der Waals surface area contributed by atoms with Crippen molar-refractivity contribution in [3.05, 3.63) is 71.8 Å². The Balaban J connectivity index is 2.34. The van der Waals surface area contributed by atoms with Crippen LogP contribution >= 0.6 is 0 Å². The lowest BCUT2D eigenvalue weighted by Crippen LogP contribution is -2.51. The second-order valence-corrected chi connectivity index (χ2v) is 12.1. The molecule has 1 saturated heterocycles. The van der Waals surface area contributed by atoms with Gasteiger partial charge in [0.25, 0.3) is 5.91 Å². The lowest BCUT2D eigenvalue weighted by atomic mass is 9.81. The standard InChI is InChI=1S/C20H24N2O2Si/c1-5-21-19(24)22(25(2,3)4)18(23)20(21,16-12-8-6-9-13-16)17-14-10-7-11-15-17/h6-15H,5H2,1-4H3. The Morgan fingerprint density at radius 2 is 1.28 bits per heavy atom. The highest BCUT2D eigenvalue weighted by Crippen LogP contribution is 2.44. The highest BCUT2D eigenvalue weighted by atomic mass is 28.3. The summed E-state index contributed by atoms with van der Waals surface area (Å²) in [6.07, 6.45) is 0. The number of urea groups is 1. The number of nitrogens with zero attached hydrogens (tertiary/aromatic N) is 2. The number of carbonyl (C=O) groups is 2. The first-order valence-corrected chi connectivity index (χ1v) is 12.1. The van der Waals surface area contributed by atoms with E-state index in [1.54, 1.807) is 4.90 Å². The lowest BCUT2D eigenvalue weighted by Gasteiger charge is -2.36. The molecule has 0 aromatic heterocycles. The third kappa shape index (κ3) is 2.50. The second kappa shape index (κ2) is 6.15. The van der Waals surface area contributed by atoms with E-state index in [9.17, 15) is 9.59 Å². The number of amides is 3. The second-order valence-electron chi connectivity index (χ2n) is 7.28. The molecule has 0 spiro atoms. The summed E-state index contributed by atoms with van der Waals surface area (Å²) in [6.45, 7) is 8.49. The Labute approximate surface area is 150 Å². The third-order valence-corrected chi connectivity index (χ3v) is 6.45. The first kappa shape index (κ1) is 17.4. The molecule has 0 radical (unpaired) electrons. The molecular formula is C20H24N2O2Si. The molecule has 0 atom stereocenters. The molecular weight excluding hydrogens is 328 g/mol. The normalized spacial score (nSPS) is 17.3. The van der Waals surface area contributed by atoms with Gasteiger partial charge in [-0.15, -0.1) is 0 Å². The quantitative estimate of drug-likeness (QED) is 0.615. The molecule has 1 aliphatic rings. The van der Waals surface area contributed by atoms with Crippen LogP contribution in [-0.4, -0.2) is 36.2 Å². The van der Waals surface area contributed by atoms with E-state index in [4.69, 9.17) is 0 Å². The van der Waals surface area contributed by atoms with Crippen molar-refractivity contribution >= 4 is 20.2 Å². The van der Waals surface area contributed by atoms with Gasteiger partial charge in [-0.25, -0.2) is 4.79 Å². The van der Waals surface area contributed by atoms with Crippen LogP contribution in [0.4, 0.5) is 4.79 Å². The molecule has 1 aliphatic heterocycles. The molecule has 3 rings (SSSR count). The molecule has 0 unspecified atom stereocenters. The van der Waals surface area contributed by atoms with E-state index in [1.165, 1.54) is 4.57 Å². The van der Waals surface area contributed by atoms with Crippen LogP contribution in [0.5, 0.6) is 0 Å². The van der Waals surface area contributed by atoms with Gasteiger partial charge in [-0.05, 0) is 18.1 Å². The fourth-order valence-electron chi connectivity index (χ4n) is 3.68. The van der Waals surface area contributed by atoms with Gasteiger partial charge in [-0.3, -0.25) is 9.36 Å². The van der Waals surface area contributed by atoms with Gasteiger partial charge in [0.05, 0.1) is 0 Å². The molecule has 130 valence electrons. The van der Waals surface area contributed by atoms with Gasteiger partial charge in [0, 0.05) is 6.54 Å². The van der Waals surface area contributed by atoms with Crippen molar-refractivity contribution in [2.45, 2.75) is 32.1 Å². The van der Waals surface area contributed by atoms with E-state index < -0.39 is 13.8 Å². The fraction of sp³-hybridized carbons (Fsp3) is 0.300. The molecule has 2 aromatic carbocycles.